The third-order valence-electron chi connectivity index (χ3n) is 11.0. The lowest BCUT2D eigenvalue weighted by Crippen LogP contribution is -2.62. The quantitative estimate of drug-likeness (QED) is 0.184. The van der Waals surface area contributed by atoms with Gasteiger partial charge in [-0.3, -0.25) is 4.79 Å². The molecular formula is C27H44N4O4. The van der Waals surface area contributed by atoms with Crippen molar-refractivity contribution >= 4 is 5.91 Å². The number of carbonyl (C=O) groups excluding carboxylic acids is 1. The van der Waals surface area contributed by atoms with Crippen LogP contribution >= 0.6 is 0 Å². The minimum Gasteiger partial charge on any atom is -0.393 e. The molecule has 11 unspecified atom stereocenters. The van der Waals surface area contributed by atoms with Crippen molar-refractivity contribution in [3.8, 4) is 0 Å². The second kappa shape index (κ2) is 10.4. The zero-order chi connectivity index (χ0) is 25.4. The van der Waals surface area contributed by atoms with Gasteiger partial charge in [-0.15, -0.1) is 0 Å². The number of allylic oxidation sites excluding steroid dienone is 1. The van der Waals surface area contributed by atoms with Crippen LogP contribution in [0, 0.1) is 46.3 Å². The predicted molar refractivity (Wildman–Crippen MR) is 134 cm³/mol. The molecule has 0 radical (unpaired) electrons. The molecule has 0 saturated heterocycles. The fourth-order valence-corrected chi connectivity index (χ4v) is 9.09. The van der Waals surface area contributed by atoms with Crippen molar-refractivity contribution in [2.24, 2.45) is 51.5 Å². The summed E-state index contributed by atoms with van der Waals surface area (Å²) in [5, 5.41) is 39.1. The van der Waals surface area contributed by atoms with E-state index in [4.69, 9.17) is 5.53 Å². The Morgan fingerprint density at radius 3 is 2.69 bits per heavy atom. The van der Waals surface area contributed by atoms with Crippen LogP contribution in [-0.2, 0) is 4.79 Å². The van der Waals surface area contributed by atoms with Crippen LogP contribution in [0.15, 0.2) is 17.3 Å². The lowest BCUT2D eigenvalue weighted by Gasteiger charge is -2.63. The topological polar surface area (TPSA) is 139 Å². The van der Waals surface area contributed by atoms with Crippen molar-refractivity contribution in [2.45, 2.75) is 96.9 Å². The number of amides is 1. The van der Waals surface area contributed by atoms with Crippen LogP contribution in [0.1, 0.15) is 78.6 Å². The molecular weight excluding hydrogens is 444 g/mol. The van der Waals surface area contributed by atoms with E-state index in [0.717, 1.165) is 57.8 Å². The highest BCUT2D eigenvalue weighted by atomic mass is 16.3. The lowest BCUT2D eigenvalue weighted by molar-refractivity contribution is -0.207. The van der Waals surface area contributed by atoms with Gasteiger partial charge in [-0.05, 0) is 116 Å². The Labute approximate surface area is 209 Å². The monoisotopic (exact) mass is 488 g/mol. The fraction of sp³-hybridized carbons (Fsp3) is 0.889. The number of nitrogens with zero attached hydrogens (tertiary/aromatic N) is 3. The van der Waals surface area contributed by atoms with Crippen LogP contribution in [0.25, 0.3) is 10.4 Å². The molecule has 11 atom stereocenters. The Hall–Kier alpha value is -1.60. The summed E-state index contributed by atoms with van der Waals surface area (Å²) in [7, 11) is 0. The molecule has 4 aliphatic rings. The molecule has 4 fully saturated rings. The highest BCUT2D eigenvalue weighted by Gasteiger charge is 2.65. The van der Waals surface area contributed by atoms with Gasteiger partial charge in [0, 0.05) is 4.91 Å². The summed E-state index contributed by atoms with van der Waals surface area (Å²) >= 11 is 0. The summed E-state index contributed by atoms with van der Waals surface area (Å²) in [5.41, 5.74) is 8.18. The van der Waals surface area contributed by atoms with Gasteiger partial charge in [0.2, 0.25) is 5.91 Å². The maximum Gasteiger partial charge on any atom is 0.243 e. The summed E-state index contributed by atoms with van der Waals surface area (Å²) < 4.78 is 0. The molecule has 4 saturated carbocycles. The second-order valence-electron chi connectivity index (χ2n) is 12.4. The summed E-state index contributed by atoms with van der Waals surface area (Å²) in [6, 6.07) is 0. The van der Waals surface area contributed by atoms with Gasteiger partial charge in [0.15, 0.2) is 0 Å². The van der Waals surface area contributed by atoms with E-state index in [0.29, 0.717) is 29.6 Å². The van der Waals surface area contributed by atoms with E-state index in [1.165, 1.54) is 6.08 Å². The Morgan fingerprint density at radius 1 is 1.17 bits per heavy atom. The maximum atomic E-state index is 11.8. The van der Waals surface area contributed by atoms with Crippen molar-refractivity contribution in [2.75, 3.05) is 6.67 Å². The third kappa shape index (κ3) is 4.75. The summed E-state index contributed by atoms with van der Waals surface area (Å²) in [5.74, 6) is 1.74. The predicted octanol–water partition coefficient (Wildman–Crippen LogP) is 4.30. The zero-order valence-electron chi connectivity index (χ0n) is 21.5. The average molecular weight is 489 g/mol. The normalized spacial score (nSPS) is 45.7. The molecule has 4 N–H and O–H groups in total. The van der Waals surface area contributed by atoms with Crippen molar-refractivity contribution in [1.29, 1.82) is 0 Å². The molecule has 0 spiro atoms. The van der Waals surface area contributed by atoms with E-state index in [2.05, 4.69) is 36.1 Å². The van der Waals surface area contributed by atoms with Crippen molar-refractivity contribution in [1.82, 2.24) is 5.32 Å². The van der Waals surface area contributed by atoms with Crippen LogP contribution in [0.2, 0.25) is 0 Å². The van der Waals surface area contributed by atoms with E-state index in [-0.39, 0.29) is 47.6 Å². The van der Waals surface area contributed by atoms with Crippen molar-refractivity contribution < 1.29 is 20.1 Å². The highest BCUT2D eigenvalue weighted by Crippen LogP contribution is 2.68. The zero-order valence-corrected chi connectivity index (χ0v) is 21.5. The number of azide groups is 1. The minimum atomic E-state index is -0.375. The number of hydrogen-bond donors (Lipinski definition) is 4. The first-order chi connectivity index (χ1) is 16.6. The Bertz CT molecular complexity index is 860. The van der Waals surface area contributed by atoms with Crippen LogP contribution in [0.5, 0.6) is 0 Å². The van der Waals surface area contributed by atoms with E-state index in [1.807, 2.05) is 6.08 Å². The van der Waals surface area contributed by atoms with Gasteiger partial charge < -0.3 is 20.6 Å². The maximum absolute atomic E-state index is 11.8. The first kappa shape index (κ1) is 26.5. The lowest BCUT2D eigenvalue weighted by atomic mass is 9.43. The molecule has 35 heavy (non-hydrogen) atoms. The second-order valence-corrected chi connectivity index (χ2v) is 12.4. The molecule has 1 amide bonds. The standard InChI is InChI=1S/C27H44N4O4/c1-16(6-4-5-7-24(35)29-15-30-31-28)19-8-9-20-25-21(14-23(34)27(19,20)3)26(2)11-10-18(32)12-17(26)13-22(25)33/h5,7,16-23,25,32-34H,4,6,8-15H2,1-3H3,(H,29,35). The molecule has 4 aliphatic carbocycles. The van der Waals surface area contributed by atoms with Crippen molar-refractivity contribution in [3.05, 3.63) is 22.6 Å². The Morgan fingerprint density at radius 2 is 1.94 bits per heavy atom. The minimum absolute atomic E-state index is 0.0514. The van der Waals surface area contributed by atoms with Crippen LogP contribution in [0.3, 0.4) is 0 Å². The molecule has 4 rings (SSSR count). The molecule has 196 valence electrons. The third-order valence-corrected chi connectivity index (χ3v) is 11.0. The van der Waals surface area contributed by atoms with Crippen LogP contribution < -0.4 is 5.32 Å². The Kier molecular flexibility index (Phi) is 7.87. The van der Waals surface area contributed by atoms with E-state index in [9.17, 15) is 20.1 Å². The van der Waals surface area contributed by atoms with Gasteiger partial charge in [0.1, 0.15) is 0 Å². The first-order valence-corrected chi connectivity index (χ1v) is 13.6. The number of aliphatic hydroxyl groups is 3. The van der Waals surface area contributed by atoms with Gasteiger partial charge in [0.05, 0.1) is 25.0 Å². The van der Waals surface area contributed by atoms with Gasteiger partial charge in [0.25, 0.3) is 0 Å². The van der Waals surface area contributed by atoms with E-state index < -0.39 is 0 Å². The summed E-state index contributed by atoms with van der Waals surface area (Å²) in [4.78, 5) is 14.4. The molecule has 8 heteroatoms. The SMILES string of the molecule is CC(CCC=CC(=O)NCN=[N+]=[N-])C1CCC2C3C(O)CC4CC(O)CCC4(C)C3CC(O)C12C. The average Bonchev–Trinajstić information content (AvgIpc) is 3.17. The van der Waals surface area contributed by atoms with Gasteiger partial charge >= 0.3 is 0 Å². The number of fused-ring (bicyclic) bond motifs is 5. The van der Waals surface area contributed by atoms with Crippen LogP contribution in [-0.4, -0.2) is 46.2 Å². The molecule has 0 heterocycles. The molecule has 0 bridgehead atoms. The molecule has 0 aromatic carbocycles. The molecule has 0 aromatic rings. The highest BCUT2D eigenvalue weighted by molar-refractivity contribution is 5.87. The molecule has 0 aromatic heterocycles. The first-order valence-electron chi connectivity index (χ1n) is 13.6. The molecule has 8 nitrogen and oxygen atoms in total. The number of rotatable bonds is 7. The van der Waals surface area contributed by atoms with E-state index in [1.54, 1.807) is 0 Å². The number of nitrogens with one attached hydrogen (secondary N) is 1. The number of carbonyl (C=O) groups is 1. The van der Waals surface area contributed by atoms with Gasteiger partial charge in [-0.2, -0.15) is 0 Å². The largest absolute Gasteiger partial charge is 0.393 e. The van der Waals surface area contributed by atoms with Gasteiger partial charge in [-0.25, -0.2) is 0 Å². The van der Waals surface area contributed by atoms with Crippen molar-refractivity contribution in [3.63, 3.8) is 0 Å². The summed E-state index contributed by atoms with van der Waals surface area (Å²) in [6.45, 7) is 6.86. The smallest absolute Gasteiger partial charge is 0.243 e. The number of aliphatic hydroxyl groups excluding tert-OH is 3. The summed E-state index contributed by atoms with van der Waals surface area (Å²) in [6.07, 6.45) is 10.4. The Balaban J connectivity index is 1.43. The van der Waals surface area contributed by atoms with Gasteiger partial charge in [-0.1, -0.05) is 32.0 Å². The fourth-order valence-electron chi connectivity index (χ4n) is 9.09. The molecule has 0 aliphatic heterocycles. The number of hydrogen-bond acceptors (Lipinski definition) is 5. The van der Waals surface area contributed by atoms with Crippen LogP contribution in [0.4, 0.5) is 0 Å². The van der Waals surface area contributed by atoms with E-state index >= 15 is 0 Å².